The van der Waals surface area contributed by atoms with Crippen LogP contribution in [-0.2, 0) is 16.1 Å². The summed E-state index contributed by atoms with van der Waals surface area (Å²) in [7, 11) is 0. The van der Waals surface area contributed by atoms with Gasteiger partial charge in [-0.3, -0.25) is 24.6 Å². The number of fused-ring (bicyclic) bond motifs is 1. The first-order valence-electron chi connectivity index (χ1n) is 10.9. The van der Waals surface area contributed by atoms with Gasteiger partial charge in [0.15, 0.2) is 0 Å². The topological polar surface area (TPSA) is 122 Å². The second-order valence-corrected chi connectivity index (χ2v) is 8.63. The highest BCUT2D eigenvalue weighted by molar-refractivity contribution is 6.22. The van der Waals surface area contributed by atoms with Crippen molar-refractivity contribution in [3.05, 3.63) is 76.4 Å². The highest BCUT2D eigenvalue weighted by Crippen LogP contribution is 2.50. The minimum atomic E-state index is -0.531. The van der Waals surface area contributed by atoms with Crippen molar-refractivity contribution in [3.63, 3.8) is 0 Å². The van der Waals surface area contributed by atoms with Crippen LogP contribution >= 0.6 is 0 Å². The Hall–Kier alpha value is -4.01. The third-order valence-corrected chi connectivity index (χ3v) is 6.72. The molecule has 6 rings (SSSR count). The van der Waals surface area contributed by atoms with Crippen molar-refractivity contribution in [2.24, 2.45) is 23.7 Å². The zero-order valence-corrected chi connectivity index (χ0v) is 17.6. The number of hydrogen-bond donors (Lipinski definition) is 2. The van der Waals surface area contributed by atoms with E-state index in [1.807, 2.05) is 0 Å². The number of amides is 4. The number of benzene rings is 2. The maximum Gasteiger partial charge on any atom is 0.319 e. The molecule has 2 fully saturated rings. The minimum absolute atomic E-state index is 0.113. The molecular formula is C24H22N4O5. The molecule has 1 saturated carbocycles. The molecule has 168 valence electrons. The molecule has 0 radical (unpaired) electrons. The Morgan fingerprint density at radius 3 is 2.21 bits per heavy atom. The maximum atomic E-state index is 13.0. The Balaban J connectivity index is 1.21. The fraction of sp³-hybridized carbons (Fsp3) is 0.292. The third-order valence-electron chi connectivity index (χ3n) is 6.72. The summed E-state index contributed by atoms with van der Waals surface area (Å²) in [5, 5.41) is 16.1. The van der Waals surface area contributed by atoms with Gasteiger partial charge in [-0.05, 0) is 48.4 Å². The van der Waals surface area contributed by atoms with Crippen molar-refractivity contribution < 1.29 is 19.3 Å². The van der Waals surface area contributed by atoms with Gasteiger partial charge in [0, 0.05) is 24.4 Å². The normalized spacial score (nSPS) is 25.2. The predicted molar refractivity (Wildman–Crippen MR) is 120 cm³/mol. The molecule has 2 aromatic rings. The summed E-state index contributed by atoms with van der Waals surface area (Å²) in [6.45, 7) is 0.211. The lowest BCUT2D eigenvalue weighted by Gasteiger charge is -2.38. The zero-order valence-electron chi connectivity index (χ0n) is 17.6. The number of nitrogens with one attached hydrogen (secondary N) is 2. The lowest BCUT2D eigenvalue weighted by atomic mass is 9.63. The van der Waals surface area contributed by atoms with Crippen LogP contribution in [0.25, 0.3) is 0 Å². The van der Waals surface area contributed by atoms with Crippen molar-refractivity contribution in [1.29, 1.82) is 0 Å². The number of carbonyl (C=O) groups excluding carboxylic acids is 3. The van der Waals surface area contributed by atoms with Gasteiger partial charge in [-0.2, -0.15) is 0 Å². The highest BCUT2D eigenvalue weighted by Gasteiger charge is 2.56. The van der Waals surface area contributed by atoms with Crippen molar-refractivity contribution >= 4 is 34.9 Å². The summed E-state index contributed by atoms with van der Waals surface area (Å²) in [4.78, 5) is 49.9. The quantitative estimate of drug-likeness (QED) is 0.314. The molecule has 4 amide bonds. The van der Waals surface area contributed by atoms with Crippen LogP contribution in [0.1, 0.15) is 18.4 Å². The third kappa shape index (κ3) is 3.75. The minimum Gasteiger partial charge on any atom is -0.334 e. The number of nitrogens with zero attached hydrogens (tertiary/aromatic N) is 2. The number of anilines is 2. The largest absolute Gasteiger partial charge is 0.334 e. The van der Waals surface area contributed by atoms with E-state index in [9.17, 15) is 24.5 Å². The second-order valence-electron chi connectivity index (χ2n) is 8.63. The van der Waals surface area contributed by atoms with Gasteiger partial charge >= 0.3 is 6.03 Å². The lowest BCUT2D eigenvalue weighted by molar-refractivity contribution is -0.384. The van der Waals surface area contributed by atoms with Gasteiger partial charge < -0.3 is 10.6 Å². The smallest absolute Gasteiger partial charge is 0.319 e. The Morgan fingerprint density at radius 2 is 1.64 bits per heavy atom. The van der Waals surface area contributed by atoms with Crippen LogP contribution in [0.4, 0.5) is 21.9 Å². The van der Waals surface area contributed by atoms with Crippen molar-refractivity contribution in [3.8, 4) is 0 Å². The van der Waals surface area contributed by atoms with Crippen LogP contribution in [-0.4, -0.2) is 22.8 Å². The van der Waals surface area contributed by atoms with E-state index in [2.05, 4.69) is 22.8 Å². The number of rotatable bonds is 5. The van der Waals surface area contributed by atoms with Crippen LogP contribution in [0, 0.1) is 33.8 Å². The van der Waals surface area contributed by atoms with E-state index in [4.69, 9.17) is 0 Å². The van der Waals surface area contributed by atoms with E-state index in [1.54, 1.807) is 30.3 Å². The molecule has 2 bridgehead atoms. The molecule has 1 saturated heterocycles. The van der Waals surface area contributed by atoms with Gasteiger partial charge in [0.25, 0.3) is 5.69 Å². The van der Waals surface area contributed by atoms with E-state index in [0.29, 0.717) is 11.4 Å². The molecule has 1 heterocycles. The fourth-order valence-electron chi connectivity index (χ4n) is 5.15. The lowest BCUT2D eigenvalue weighted by Crippen LogP contribution is -2.38. The molecule has 1 aliphatic heterocycles. The van der Waals surface area contributed by atoms with Gasteiger partial charge in [-0.1, -0.05) is 30.4 Å². The van der Waals surface area contributed by atoms with E-state index in [-0.39, 0.29) is 47.7 Å². The summed E-state index contributed by atoms with van der Waals surface area (Å²) in [5.41, 5.74) is 1.53. The summed E-state index contributed by atoms with van der Waals surface area (Å²) in [6, 6.07) is 12.1. The maximum absolute atomic E-state index is 13.0. The SMILES string of the molecule is O=C(NCc1ccc(N2C(=O)C3C4C=CC(CC4)C3C2=O)cc1)Nc1cccc([N+](=O)[O-])c1. The average Bonchev–Trinajstić information content (AvgIpc) is 3.11. The molecule has 4 aliphatic rings. The molecular weight excluding hydrogens is 424 g/mol. The highest BCUT2D eigenvalue weighted by atomic mass is 16.6. The Labute approximate surface area is 189 Å². The molecule has 0 aromatic heterocycles. The van der Waals surface area contributed by atoms with Crippen molar-refractivity contribution in [2.45, 2.75) is 19.4 Å². The number of nitro benzene ring substituents is 1. The van der Waals surface area contributed by atoms with Crippen LogP contribution in [0.5, 0.6) is 0 Å². The van der Waals surface area contributed by atoms with Crippen molar-refractivity contribution in [1.82, 2.24) is 5.32 Å². The standard InChI is InChI=1S/C24H22N4O5/c29-22-20-15-6-7-16(9-8-15)21(20)23(30)27(22)18-10-4-14(5-11-18)13-25-24(31)26-17-2-1-3-19(12-17)28(32)33/h1-7,10-12,15-16,20-21H,8-9,13H2,(H2,25,26,31). The average molecular weight is 446 g/mol. The second kappa shape index (κ2) is 8.16. The molecule has 33 heavy (non-hydrogen) atoms. The van der Waals surface area contributed by atoms with Crippen LogP contribution in [0.15, 0.2) is 60.7 Å². The number of carbonyl (C=O) groups is 3. The van der Waals surface area contributed by atoms with E-state index in [1.165, 1.54) is 23.1 Å². The van der Waals surface area contributed by atoms with Crippen LogP contribution < -0.4 is 15.5 Å². The zero-order chi connectivity index (χ0) is 23.1. The van der Waals surface area contributed by atoms with Gasteiger partial charge in [0.1, 0.15) is 0 Å². The van der Waals surface area contributed by atoms with Gasteiger partial charge in [0.2, 0.25) is 11.8 Å². The number of allylic oxidation sites excluding steroid dienone is 2. The summed E-state index contributed by atoms with van der Waals surface area (Å²) >= 11 is 0. The molecule has 3 aliphatic carbocycles. The molecule has 9 heteroatoms. The van der Waals surface area contributed by atoms with Gasteiger partial charge in [-0.25, -0.2) is 4.79 Å². The van der Waals surface area contributed by atoms with E-state index >= 15 is 0 Å². The summed E-state index contributed by atoms with van der Waals surface area (Å²) in [5.74, 6) is -0.443. The van der Waals surface area contributed by atoms with Crippen LogP contribution in [0.2, 0.25) is 0 Å². The molecule has 4 atom stereocenters. The first-order valence-corrected chi connectivity index (χ1v) is 10.9. The van der Waals surface area contributed by atoms with Gasteiger partial charge in [-0.15, -0.1) is 0 Å². The first kappa shape index (κ1) is 20.9. The van der Waals surface area contributed by atoms with Gasteiger partial charge in [0.05, 0.1) is 22.4 Å². The molecule has 2 aromatic carbocycles. The van der Waals surface area contributed by atoms with Crippen molar-refractivity contribution in [2.75, 3.05) is 10.2 Å². The number of nitro groups is 1. The molecule has 0 spiro atoms. The molecule has 4 unspecified atom stereocenters. The number of non-ortho nitro benzene ring substituents is 1. The van der Waals surface area contributed by atoms with E-state index in [0.717, 1.165) is 18.4 Å². The molecule has 9 nitrogen and oxygen atoms in total. The molecule has 2 N–H and O–H groups in total. The fourth-order valence-corrected chi connectivity index (χ4v) is 5.15. The number of urea groups is 1. The summed E-state index contributed by atoms with van der Waals surface area (Å²) in [6.07, 6.45) is 6.10. The Bertz CT molecular complexity index is 1140. The van der Waals surface area contributed by atoms with E-state index < -0.39 is 11.0 Å². The Kier molecular flexibility index (Phi) is 5.16. The summed E-state index contributed by atoms with van der Waals surface area (Å²) < 4.78 is 0. The van der Waals surface area contributed by atoms with Crippen LogP contribution in [0.3, 0.4) is 0 Å². The Morgan fingerprint density at radius 1 is 1.00 bits per heavy atom. The number of imide groups is 1. The number of hydrogen-bond acceptors (Lipinski definition) is 5. The first-order chi connectivity index (χ1) is 15.9. The monoisotopic (exact) mass is 446 g/mol. The predicted octanol–water partition coefficient (Wildman–Crippen LogP) is 3.62.